The topological polar surface area (TPSA) is 98.7 Å². The van der Waals surface area contributed by atoms with Crippen molar-refractivity contribution < 1.29 is 24.2 Å². The monoisotopic (exact) mass is 332 g/mol. The molecule has 0 atom stereocenters. The highest BCUT2D eigenvalue weighted by Crippen LogP contribution is 2.24. The van der Waals surface area contributed by atoms with Crippen molar-refractivity contribution >= 4 is 11.8 Å². The SMILES string of the molecule is O=C(CNC(=O)c1cccc(F)c1)NCCc1ccc(O)c(O)c1. The number of nitrogens with one attached hydrogen (secondary N) is 2. The lowest BCUT2D eigenvalue weighted by molar-refractivity contribution is -0.120. The molecule has 0 heterocycles. The summed E-state index contributed by atoms with van der Waals surface area (Å²) in [5.74, 6) is -1.87. The molecule has 0 aromatic heterocycles. The van der Waals surface area contributed by atoms with Crippen molar-refractivity contribution in [2.45, 2.75) is 6.42 Å². The summed E-state index contributed by atoms with van der Waals surface area (Å²) in [4.78, 5) is 23.4. The van der Waals surface area contributed by atoms with Gasteiger partial charge in [0.25, 0.3) is 5.91 Å². The number of benzene rings is 2. The fourth-order valence-electron chi connectivity index (χ4n) is 2.03. The zero-order chi connectivity index (χ0) is 17.5. The summed E-state index contributed by atoms with van der Waals surface area (Å²) in [7, 11) is 0. The van der Waals surface area contributed by atoms with Crippen LogP contribution in [0.5, 0.6) is 11.5 Å². The molecule has 0 spiro atoms. The number of phenols is 2. The summed E-state index contributed by atoms with van der Waals surface area (Å²) >= 11 is 0. The number of hydrogen-bond donors (Lipinski definition) is 4. The van der Waals surface area contributed by atoms with Crippen LogP contribution in [0.1, 0.15) is 15.9 Å². The molecule has 0 radical (unpaired) electrons. The first-order valence-corrected chi connectivity index (χ1v) is 7.27. The molecule has 0 aliphatic rings. The molecule has 0 saturated heterocycles. The molecule has 2 aromatic carbocycles. The van der Waals surface area contributed by atoms with E-state index in [2.05, 4.69) is 10.6 Å². The predicted octanol–water partition coefficient (Wildman–Crippen LogP) is 1.33. The van der Waals surface area contributed by atoms with E-state index in [1.165, 1.54) is 30.3 Å². The minimum Gasteiger partial charge on any atom is -0.504 e. The number of hydrogen-bond acceptors (Lipinski definition) is 4. The number of carbonyl (C=O) groups excluding carboxylic acids is 2. The van der Waals surface area contributed by atoms with Gasteiger partial charge in [-0.2, -0.15) is 0 Å². The van der Waals surface area contributed by atoms with Gasteiger partial charge in [0.2, 0.25) is 5.91 Å². The Bertz CT molecular complexity index is 749. The number of amides is 2. The normalized spacial score (nSPS) is 10.2. The number of phenolic OH excluding ortho intramolecular Hbond substituents is 2. The lowest BCUT2D eigenvalue weighted by Crippen LogP contribution is -2.37. The van der Waals surface area contributed by atoms with Gasteiger partial charge in [-0.25, -0.2) is 4.39 Å². The van der Waals surface area contributed by atoms with Crippen LogP contribution in [-0.4, -0.2) is 35.1 Å². The summed E-state index contributed by atoms with van der Waals surface area (Å²) in [6, 6.07) is 9.59. The minimum atomic E-state index is -0.534. The molecule has 7 heteroatoms. The van der Waals surface area contributed by atoms with Crippen LogP contribution >= 0.6 is 0 Å². The van der Waals surface area contributed by atoms with Crippen LogP contribution < -0.4 is 10.6 Å². The molecule has 0 fully saturated rings. The van der Waals surface area contributed by atoms with Crippen molar-refractivity contribution in [2.75, 3.05) is 13.1 Å². The second-order valence-corrected chi connectivity index (χ2v) is 5.12. The predicted molar refractivity (Wildman–Crippen MR) is 85.2 cm³/mol. The average molecular weight is 332 g/mol. The minimum absolute atomic E-state index is 0.141. The van der Waals surface area contributed by atoms with Gasteiger partial charge in [-0.3, -0.25) is 9.59 Å². The Morgan fingerprint density at radius 3 is 2.50 bits per heavy atom. The van der Waals surface area contributed by atoms with Crippen LogP contribution in [0.4, 0.5) is 4.39 Å². The fraction of sp³-hybridized carbons (Fsp3) is 0.176. The zero-order valence-electron chi connectivity index (χ0n) is 12.8. The first kappa shape index (κ1) is 17.3. The molecule has 126 valence electrons. The van der Waals surface area contributed by atoms with E-state index in [0.717, 1.165) is 11.6 Å². The summed E-state index contributed by atoms with van der Waals surface area (Å²) in [6.07, 6.45) is 0.456. The average Bonchev–Trinajstić information content (AvgIpc) is 2.56. The van der Waals surface area contributed by atoms with E-state index in [-0.39, 0.29) is 29.5 Å². The maximum Gasteiger partial charge on any atom is 0.251 e. The molecule has 24 heavy (non-hydrogen) atoms. The van der Waals surface area contributed by atoms with E-state index < -0.39 is 11.7 Å². The van der Waals surface area contributed by atoms with E-state index in [0.29, 0.717) is 13.0 Å². The molecule has 0 saturated carbocycles. The highest BCUT2D eigenvalue weighted by Gasteiger charge is 2.08. The largest absolute Gasteiger partial charge is 0.504 e. The Balaban J connectivity index is 1.73. The van der Waals surface area contributed by atoms with Gasteiger partial charge < -0.3 is 20.8 Å². The van der Waals surface area contributed by atoms with Gasteiger partial charge in [-0.05, 0) is 42.3 Å². The Kier molecular flexibility index (Phi) is 5.73. The molecule has 6 nitrogen and oxygen atoms in total. The lowest BCUT2D eigenvalue weighted by atomic mass is 10.1. The molecule has 4 N–H and O–H groups in total. The molecule has 0 aliphatic heterocycles. The first-order valence-electron chi connectivity index (χ1n) is 7.27. The lowest BCUT2D eigenvalue weighted by Gasteiger charge is -2.08. The Hall–Kier alpha value is -3.09. The van der Waals surface area contributed by atoms with Crippen molar-refractivity contribution in [3.05, 3.63) is 59.4 Å². The first-order chi connectivity index (χ1) is 11.5. The van der Waals surface area contributed by atoms with Crippen molar-refractivity contribution in [1.82, 2.24) is 10.6 Å². The summed E-state index contributed by atoms with van der Waals surface area (Å²) in [6.45, 7) is 0.0784. The molecular weight excluding hydrogens is 315 g/mol. The highest BCUT2D eigenvalue weighted by molar-refractivity contribution is 5.96. The number of carbonyl (C=O) groups is 2. The molecule has 0 aliphatic carbocycles. The fourth-order valence-corrected chi connectivity index (χ4v) is 2.03. The van der Waals surface area contributed by atoms with Crippen LogP contribution in [0.3, 0.4) is 0 Å². The smallest absolute Gasteiger partial charge is 0.251 e. The van der Waals surface area contributed by atoms with Crippen LogP contribution in [0.2, 0.25) is 0 Å². The molecule has 0 bridgehead atoms. The van der Waals surface area contributed by atoms with Gasteiger partial charge in [0, 0.05) is 12.1 Å². The van der Waals surface area contributed by atoms with E-state index in [9.17, 15) is 24.2 Å². The molecule has 2 aromatic rings. The van der Waals surface area contributed by atoms with Gasteiger partial charge >= 0.3 is 0 Å². The van der Waals surface area contributed by atoms with E-state index >= 15 is 0 Å². The van der Waals surface area contributed by atoms with E-state index in [1.54, 1.807) is 6.07 Å². The van der Waals surface area contributed by atoms with Crippen molar-refractivity contribution in [3.63, 3.8) is 0 Å². The standard InChI is InChI=1S/C17H17FN2O4/c18-13-3-1-2-12(9-13)17(24)20-10-16(23)19-7-6-11-4-5-14(21)15(22)8-11/h1-5,8-9,21-22H,6-7,10H2,(H,19,23)(H,20,24). The third kappa shape index (κ3) is 4.98. The third-order valence-corrected chi connectivity index (χ3v) is 3.27. The Labute approximate surface area is 137 Å². The van der Waals surface area contributed by atoms with Crippen molar-refractivity contribution in [2.24, 2.45) is 0 Å². The number of halogens is 1. The summed E-state index contributed by atoms with van der Waals surface area (Å²) < 4.78 is 13.0. The number of rotatable bonds is 6. The van der Waals surface area contributed by atoms with Crippen LogP contribution in [-0.2, 0) is 11.2 Å². The van der Waals surface area contributed by atoms with E-state index in [4.69, 9.17) is 0 Å². The molecule has 0 unspecified atom stereocenters. The third-order valence-electron chi connectivity index (χ3n) is 3.27. The molecule has 2 amide bonds. The maximum absolute atomic E-state index is 13.0. The second-order valence-electron chi connectivity index (χ2n) is 5.12. The maximum atomic E-state index is 13.0. The molecule has 2 rings (SSSR count). The van der Waals surface area contributed by atoms with Crippen LogP contribution in [0, 0.1) is 5.82 Å². The number of aromatic hydroxyl groups is 2. The summed E-state index contributed by atoms with van der Waals surface area (Å²) in [5, 5.41) is 23.6. The van der Waals surface area contributed by atoms with Crippen LogP contribution in [0.25, 0.3) is 0 Å². The zero-order valence-corrected chi connectivity index (χ0v) is 12.8. The Morgan fingerprint density at radius 2 is 1.79 bits per heavy atom. The molecular formula is C17H17FN2O4. The van der Waals surface area contributed by atoms with Crippen molar-refractivity contribution in [1.29, 1.82) is 0 Å². The van der Waals surface area contributed by atoms with Crippen molar-refractivity contribution in [3.8, 4) is 11.5 Å². The second kappa shape index (κ2) is 7.96. The van der Waals surface area contributed by atoms with Gasteiger partial charge in [-0.15, -0.1) is 0 Å². The van der Waals surface area contributed by atoms with Gasteiger partial charge in [0.15, 0.2) is 11.5 Å². The van der Waals surface area contributed by atoms with E-state index in [1.807, 2.05) is 0 Å². The van der Waals surface area contributed by atoms with Gasteiger partial charge in [-0.1, -0.05) is 12.1 Å². The van der Waals surface area contributed by atoms with Gasteiger partial charge in [0.05, 0.1) is 6.54 Å². The summed E-state index contributed by atoms with van der Waals surface area (Å²) in [5.41, 5.74) is 0.886. The van der Waals surface area contributed by atoms with Gasteiger partial charge in [0.1, 0.15) is 5.82 Å². The Morgan fingerprint density at radius 1 is 1.00 bits per heavy atom. The quantitative estimate of drug-likeness (QED) is 0.600. The highest BCUT2D eigenvalue weighted by atomic mass is 19.1. The van der Waals surface area contributed by atoms with Crippen LogP contribution in [0.15, 0.2) is 42.5 Å².